The second-order valence-corrected chi connectivity index (χ2v) is 4.30. The average molecular weight is 232 g/mol. The van der Waals surface area contributed by atoms with E-state index in [2.05, 4.69) is 10.6 Å². The summed E-state index contributed by atoms with van der Waals surface area (Å²) in [6.45, 7) is 0.000692. The van der Waals surface area contributed by atoms with Crippen LogP contribution in [0.25, 0.3) is 0 Å². The van der Waals surface area contributed by atoms with Crippen LogP contribution in [0.1, 0.15) is 23.2 Å². The summed E-state index contributed by atoms with van der Waals surface area (Å²) in [5.41, 5.74) is 1.18. The van der Waals surface area contributed by atoms with Crippen LogP contribution >= 0.6 is 0 Å². The van der Waals surface area contributed by atoms with Crippen molar-refractivity contribution < 1.29 is 14.3 Å². The number of hydrogen-bond donors (Lipinski definition) is 2. The number of fused-ring (bicyclic) bond motifs is 1. The van der Waals surface area contributed by atoms with Gasteiger partial charge in [-0.3, -0.25) is 9.59 Å². The molecule has 0 unspecified atom stereocenters. The van der Waals surface area contributed by atoms with Gasteiger partial charge in [0, 0.05) is 11.6 Å². The molecule has 0 saturated heterocycles. The van der Waals surface area contributed by atoms with Crippen LogP contribution in [0.2, 0.25) is 0 Å². The number of carbonyl (C=O) groups excluding carboxylic acids is 2. The molecule has 1 heterocycles. The van der Waals surface area contributed by atoms with Crippen LogP contribution in [0.3, 0.4) is 0 Å². The molecular formula is C12H12N2O3. The molecule has 88 valence electrons. The normalized spacial score (nSPS) is 17.8. The van der Waals surface area contributed by atoms with E-state index in [9.17, 15) is 9.59 Å². The maximum Gasteiger partial charge on any atom is 0.262 e. The van der Waals surface area contributed by atoms with Gasteiger partial charge in [0.1, 0.15) is 5.75 Å². The van der Waals surface area contributed by atoms with E-state index in [1.165, 1.54) is 0 Å². The smallest absolute Gasteiger partial charge is 0.262 e. The maximum absolute atomic E-state index is 11.8. The highest BCUT2D eigenvalue weighted by Crippen LogP contribution is 2.29. The topological polar surface area (TPSA) is 67.4 Å². The average Bonchev–Trinajstić information content (AvgIpc) is 3.12. The van der Waals surface area contributed by atoms with Crippen molar-refractivity contribution in [1.29, 1.82) is 0 Å². The third-order valence-corrected chi connectivity index (χ3v) is 2.79. The summed E-state index contributed by atoms with van der Waals surface area (Å²) in [6.07, 6.45) is 2.12. The number of rotatable bonds is 2. The predicted octanol–water partition coefficient (Wildman–Crippen LogP) is 0.910. The molecule has 2 aliphatic rings. The lowest BCUT2D eigenvalue weighted by Crippen LogP contribution is -2.27. The van der Waals surface area contributed by atoms with Crippen molar-refractivity contribution in [1.82, 2.24) is 5.32 Å². The van der Waals surface area contributed by atoms with Gasteiger partial charge in [-0.15, -0.1) is 0 Å². The van der Waals surface area contributed by atoms with Crippen molar-refractivity contribution in [3.05, 3.63) is 23.8 Å². The van der Waals surface area contributed by atoms with Gasteiger partial charge in [-0.05, 0) is 31.0 Å². The van der Waals surface area contributed by atoms with Crippen molar-refractivity contribution in [2.45, 2.75) is 18.9 Å². The molecule has 0 atom stereocenters. The van der Waals surface area contributed by atoms with Crippen LogP contribution in [0, 0.1) is 0 Å². The monoisotopic (exact) mass is 232 g/mol. The van der Waals surface area contributed by atoms with Crippen molar-refractivity contribution >= 4 is 17.5 Å². The van der Waals surface area contributed by atoms with Gasteiger partial charge in [0.2, 0.25) is 0 Å². The van der Waals surface area contributed by atoms with E-state index in [0.29, 0.717) is 23.0 Å². The first-order chi connectivity index (χ1) is 8.22. The molecule has 5 nitrogen and oxygen atoms in total. The zero-order valence-electron chi connectivity index (χ0n) is 9.16. The zero-order chi connectivity index (χ0) is 11.8. The molecule has 1 fully saturated rings. The number of ether oxygens (including phenoxy) is 1. The fourth-order valence-corrected chi connectivity index (χ4v) is 1.71. The van der Waals surface area contributed by atoms with Crippen LogP contribution in [-0.4, -0.2) is 24.5 Å². The molecule has 1 aliphatic carbocycles. The first kappa shape index (κ1) is 10.1. The summed E-state index contributed by atoms with van der Waals surface area (Å²) >= 11 is 0. The second kappa shape index (κ2) is 3.76. The molecule has 17 heavy (non-hydrogen) atoms. The Bertz CT molecular complexity index is 495. The highest BCUT2D eigenvalue weighted by molar-refractivity contribution is 5.99. The molecule has 1 aromatic carbocycles. The largest absolute Gasteiger partial charge is 0.482 e. The zero-order valence-corrected chi connectivity index (χ0v) is 9.16. The first-order valence-corrected chi connectivity index (χ1v) is 5.60. The Morgan fingerprint density at radius 3 is 3.00 bits per heavy atom. The molecule has 1 saturated carbocycles. The van der Waals surface area contributed by atoms with Gasteiger partial charge in [0.25, 0.3) is 11.8 Å². The Hall–Kier alpha value is -2.04. The van der Waals surface area contributed by atoms with Crippen molar-refractivity contribution in [3.63, 3.8) is 0 Å². The SMILES string of the molecule is O=C1COc2cc(C(=O)NC3CC3)ccc2N1. The number of benzene rings is 1. The minimum atomic E-state index is -0.173. The van der Waals surface area contributed by atoms with Gasteiger partial charge < -0.3 is 15.4 Å². The Morgan fingerprint density at radius 1 is 1.41 bits per heavy atom. The Kier molecular flexibility index (Phi) is 2.24. The van der Waals surface area contributed by atoms with E-state index in [0.717, 1.165) is 12.8 Å². The van der Waals surface area contributed by atoms with Crippen LogP contribution in [0.15, 0.2) is 18.2 Å². The lowest BCUT2D eigenvalue weighted by Gasteiger charge is -2.18. The quantitative estimate of drug-likeness (QED) is 0.796. The van der Waals surface area contributed by atoms with Crippen molar-refractivity contribution in [3.8, 4) is 5.75 Å². The summed E-state index contributed by atoms with van der Waals surface area (Å²) in [5.74, 6) is 0.288. The van der Waals surface area contributed by atoms with Gasteiger partial charge in [0.05, 0.1) is 5.69 Å². The molecule has 0 bridgehead atoms. The van der Waals surface area contributed by atoms with E-state index < -0.39 is 0 Å². The molecule has 3 rings (SSSR count). The first-order valence-electron chi connectivity index (χ1n) is 5.60. The number of hydrogen-bond acceptors (Lipinski definition) is 3. The van der Waals surface area contributed by atoms with Crippen molar-refractivity contribution in [2.75, 3.05) is 11.9 Å². The Labute approximate surface area is 98.1 Å². The van der Waals surface area contributed by atoms with E-state index in [4.69, 9.17) is 4.74 Å². The summed E-state index contributed by atoms with van der Waals surface area (Å²) in [6, 6.07) is 5.37. The third-order valence-electron chi connectivity index (χ3n) is 2.79. The summed E-state index contributed by atoms with van der Waals surface area (Å²) in [4.78, 5) is 22.9. The van der Waals surface area contributed by atoms with Crippen LogP contribution < -0.4 is 15.4 Å². The van der Waals surface area contributed by atoms with E-state index in [1.54, 1.807) is 18.2 Å². The van der Waals surface area contributed by atoms with E-state index in [1.807, 2.05) is 0 Å². The minimum absolute atomic E-state index is 0.000692. The third kappa shape index (κ3) is 2.08. The standard InChI is InChI=1S/C12H12N2O3/c15-11-6-17-10-5-7(1-4-9(10)14-11)12(16)13-8-2-3-8/h1,4-5,8H,2-3,6H2,(H,13,16)(H,14,15). The fourth-order valence-electron chi connectivity index (χ4n) is 1.71. The molecule has 2 amide bonds. The molecule has 5 heteroatoms. The molecule has 1 aliphatic heterocycles. The van der Waals surface area contributed by atoms with E-state index in [-0.39, 0.29) is 18.4 Å². The van der Waals surface area contributed by atoms with Gasteiger partial charge in [-0.25, -0.2) is 0 Å². The number of carbonyl (C=O) groups is 2. The van der Waals surface area contributed by atoms with E-state index >= 15 is 0 Å². The Morgan fingerprint density at radius 2 is 2.24 bits per heavy atom. The second-order valence-electron chi connectivity index (χ2n) is 4.30. The van der Waals surface area contributed by atoms with Crippen LogP contribution in [0.5, 0.6) is 5.75 Å². The maximum atomic E-state index is 11.8. The predicted molar refractivity (Wildman–Crippen MR) is 61.1 cm³/mol. The van der Waals surface area contributed by atoms with Crippen LogP contribution in [0.4, 0.5) is 5.69 Å². The van der Waals surface area contributed by atoms with Gasteiger partial charge >= 0.3 is 0 Å². The summed E-state index contributed by atoms with van der Waals surface area (Å²) < 4.78 is 5.26. The fraction of sp³-hybridized carbons (Fsp3) is 0.333. The molecule has 1 aromatic rings. The Balaban J connectivity index is 1.82. The number of nitrogens with one attached hydrogen (secondary N) is 2. The summed E-state index contributed by atoms with van der Waals surface area (Å²) in [7, 11) is 0. The lowest BCUT2D eigenvalue weighted by molar-refractivity contribution is -0.118. The van der Waals surface area contributed by atoms with Crippen molar-refractivity contribution in [2.24, 2.45) is 0 Å². The number of anilines is 1. The molecule has 2 N–H and O–H groups in total. The number of amides is 2. The van der Waals surface area contributed by atoms with Crippen LogP contribution in [-0.2, 0) is 4.79 Å². The van der Waals surface area contributed by atoms with Gasteiger partial charge in [-0.2, -0.15) is 0 Å². The molecule has 0 spiro atoms. The molecule has 0 aromatic heterocycles. The molecule has 0 radical (unpaired) electrons. The minimum Gasteiger partial charge on any atom is -0.482 e. The van der Waals surface area contributed by atoms with Gasteiger partial charge in [0.15, 0.2) is 6.61 Å². The van der Waals surface area contributed by atoms with Gasteiger partial charge in [-0.1, -0.05) is 0 Å². The lowest BCUT2D eigenvalue weighted by atomic mass is 10.1. The molecular weight excluding hydrogens is 220 g/mol. The highest BCUT2D eigenvalue weighted by atomic mass is 16.5. The summed E-state index contributed by atoms with van der Waals surface area (Å²) in [5, 5.41) is 5.59. The highest BCUT2D eigenvalue weighted by Gasteiger charge is 2.24.